The predicted molar refractivity (Wildman–Crippen MR) is 214 cm³/mol. The highest BCUT2D eigenvalue weighted by Gasteiger charge is 2.46. The van der Waals surface area contributed by atoms with E-state index in [9.17, 15) is 0 Å². The second-order valence-electron chi connectivity index (χ2n) is 14.4. The second-order valence-corrected chi connectivity index (χ2v) is 22.9. The maximum atomic E-state index is 6.99. The second kappa shape index (κ2) is 17.6. The van der Waals surface area contributed by atoms with Crippen molar-refractivity contribution in [2.75, 3.05) is 19.9 Å². The van der Waals surface area contributed by atoms with Gasteiger partial charge in [0.05, 0.1) is 39.2 Å². The van der Waals surface area contributed by atoms with Crippen molar-refractivity contribution in [3.05, 3.63) is 157 Å². The van der Waals surface area contributed by atoms with Crippen molar-refractivity contribution >= 4 is 31.5 Å². The Morgan fingerprint density at radius 2 is 0.980 bits per heavy atom. The van der Waals surface area contributed by atoms with Crippen LogP contribution in [-0.4, -0.2) is 40.4 Å². The van der Waals surface area contributed by atoms with Crippen molar-refractivity contribution in [3.8, 4) is 5.75 Å². The van der Waals surface area contributed by atoms with E-state index in [0.717, 1.165) is 29.5 Å². The molecule has 0 unspecified atom stereocenters. The molecule has 0 spiro atoms. The lowest BCUT2D eigenvalue weighted by molar-refractivity contribution is -0.102. The van der Waals surface area contributed by atoms with Crippen LogP contribution >= 0.6 is 7.26 Å². The fourth-order valence-electron chi connectivity index (χ4n) is 6.05. The molecule has 4 nitrogen and oxygen atoms in total. The van der Waals surface area contributed by atoms with Crippen LogP contribution < -0.4 is 20.7 Å². The Bertz CT molecular complexity index is 1600. The summed E-state index contributed by atoms with van der Waals surface area (Å²) in [5.41, 5.74) is 2.23. The number of hydrogen-bond acceptors (Lipinski definition) is 4. The molecule has 0 amide bonds. The van der Waals surface area contributed by atoms with Crippen LogP contribution in [0.5, 0.6) is 5.75 Å². The lowest BCUT2D eigenvalue weighted by atomic mass is 10.1. The summed E-state index contributed by atoms with van der Waals surface area (Å²) in [6, 6.07) is 51.8. The molecule has 0 bridgehead atoms. The highest BCUT2D eigenvalue weighted by molar-refractivity contribution is 7.95. The Morgan fingerprint density at radius 1 is 0.560 bits per heavy atom. The largest absolute Gasteiger partial charge is 0.497 e. The molecule has 0 fully saturated rings. The molecule has 5 aromatic rings. The van der Waals surface area contributed by atoms with E-state index in [1.165, 1.54) is 15.9 Å². The van der Waals surface area contributed by atoms with Crippen molar-refractivity contribution < 1.29 is 18.6 Å². The van der Waals surface area contributed by atoms with Gasteiger partial charge in [0.25, 0.3) is 0 Å². The normalized spacial score (nSPS) is 13.5. The average molecular weight is 706 g/mol. The van der Waals surface area contributed by atoms with Gasteiger partial charge in [0, 0.05) is 6.42 Å². The lowest BCUT2D eigenvalue weighted by Crippen LogP contribution is -2.46. The minimum atomic E-state index is -2.09. The van der Waals surface area contributed by atoms with E-state index < -0.39 is 15.6 Å². The molecule has 5 aromatic carbocycles. The summed E-state index contributed by atoms with van der Waals surface area (Å²) in [5, 5.41) is 4.17. The van der Waals surface area contributed by atoms with Gasteiger partial charge in [-0.1, -0.05) is 118 Å². The van der Waals surface area contributed by atoms with Gasteiger partial charge in [0.15, 0.2) is 8.32 Å². The van der Waals surface area contributed by atoms with E-state index in [0.29, 0.717) is 19.8 Å². The van der Waals surface area contributed by atoms with Crippen LogP contribution in [0.3, 0.4) is 0 Å². The zero-order valence-electron chi connectivity index (χ0n) is 30.6. The van der Waals surface area contributed by atoms with Crippen molar-refractivity contribution in [2.45, 2.75) is 70.7 Å². The van der Waals surface area contributed by atoms with Crippen LogP contribution in [-0.2, 0) is 27.1 Å². The smallest absolute Gasteiger partial charge is 0.192 e. The maximum absolute atomic E-state index is 6.99. The molecule has 0 saturated heterocycles. The molecule has 5 rings (SSSR count). The highest BCUT2D eigenvalue weighted by atomic mass is 31.2. The molecule has 0 aromatic heterocycles. The van der Waals surface area contributed by atoms with Gasteiger partial charge < -0.3 is 18.6 Å². The zero-order valence-corrected chi connectivity index (χ0v) is 32.5. The van der Waals surface area contributed by atoms with Crippen LogP contribution in [0.15, 0.2) is 146 Å². The number of benzene rings is 5. The molecule has 2 atom stereocenters. The van der Waals surface area contributed by atoms with Crippen molar-refractivity contribution in [3.63, 3.8) is 0 Å². The maximum Gasteiger partial charge on any atom is 0.192 e. The van der Waals surface area contributed by atoms with E-state index in [1.54, 1.807) is 7.11 Å². The fourth-order valence-corrected chi connectivity index (χ4v) is 11.4. The Morgan fingerprint density at radius 3 is 1.42 bits per heavy atom. The first-order valence-corrected chi connectivity index (χ1v) is 22.6. The first-order valence-electron chi connectivity index (χ1n) is 17.7. The third-order valence-electron chi connectivity index (χ3n) is 10.1. The highest BCUT2D eigenvalue weighted by Crippen LogP contribution is 2.56. The van der Waals surface area contributed by atoms with Crippen LogP contribution in [0, 0.1) is 0 Å². The lowest BCUT2D eigenvalue weighted by Gasteiger charge is -2.38. The predicted octanol–water partition coefficient (Wildman–Crippen LogP) is 9.57. The first-order chi connectivity index (χ1) is 24.1. The van der Waals surface area contributed by atoms with E-state index in [-0.39, 0.29) is 17.2 Å². The molecule has 0 N–H and O–H groups in total. The molecule has 262 valence electrons. The Balaban J connectivity index is 1.55. The average Bonchev–Trinajstić information content (AvgIpc) is 3.15. The standard InChI is InChI=1S/C44H54O4PSi/c1-44(2,3)50(5,6)48-35-43(47-33-36-19-11-7-12-20-36)42(46-34-37-27-29-38(45-4)30-28-37)31-32-49(39-21-13-8-14-22-39,40-23-15-9-16-24-40)41-25-17-10-18-26-41/h7-30,42-43H,31-35H2,1-6H3/q+1/t42-,43-/m1/s1. The van der Waals surface area contributed by atoms with Gasteiger partial charge in [-0.3, -0.25) is 0 Å². The number of methoxy groups -OCH3 is 1. The number of ether oxygens (including phenoxy) is 3. The van der Waals surface area contributed by atoms with Crippen LogP contribution in [0.4, 0.5) is 0 Å². The number of rotatable bonds is 17. The zero-order chi connectivity index (χ0) is 35.5. The molecule has 0 aliphatic heterocycles. The minimum Gasteiger partial charge on any atom is -0.497 e. The molecular weight excluding hydrogens is 652 g/mol. The van der Waals surface area contributed by atoms with Crippen molar-refractivity contribution in [1.29, 1.82) is 0 Å². The van der Waals surface area contributed by atoms with Crippen LogP contribution in [0.2, 0.25) is 18.1 Å². The third kappa shape index (κ3) is 9.60. The minimum absolute atomic E-state index is 0.0744. The third-order valence-corrected chi connectivity index (χ3v) is 19.1. The Labute approximate surface area is 302 Å². The Hall–Kier alpha value is -3.57. The van der Waals surface area contributed by atoms with Crippen LogP contribution in [0.1, 0.15) is 38.3 Å². The molecular formula is C44H54O4PSi+. The molecule has 0 heterocycles. The molecule has 0 aliphatic carbocycles. The van der Waals surface area contributed by atoms with Gasteiger partial charge >= 0.3 is 0 Å². The van der Waals surface area contributed by atoms with Gasteiger partial charge in [0.1, 0.15) is 35.0 Å². The van der Waals surface area contributed by atoms with Gasteiger partial charge in [-0.25, -0.2) is 0 Å². The molecule has 0 radical (unpaired) electrons. The van der Waals surface area contributed by atoms with Gasteiger partial charge in [-0.2, -0.15) is 0 Å². The van der Waals surface area contributed by atoms with E-state index in [1.807, 2.05) is 18.2 Å². The summed E-state index contributed by atoms with van der Waals surface area (Å²) in [6.07, 6.45) is 1.22. The SMILES string of the molecule is COc1ccc(CO[C@H](CC[P+](c2ccccc2)(c2ccccc2)c2ccccc2)[C@@H](CO[Si](C)(C)C(C)(C)C)OCc2ccccc2)cc1. The summed E-state index contributed by atoms with van der Waals surface area (Å²) in [5.74, 6) is 0.834. The molecule has 50 heavy (non-hydrogen) atoms. The van der Waals surface area contributed by atoms with Gasteiger partial charge in [0.2, 0.25) is 0 Å². The summed E-state index contributed by atoms with van der Waals surface area (Å²) >= 11 is 0. The van der Waals surface area contributed by atoms with E-state index in [2.05, 4.69) is 161 Å². The van der Waals surface area contributed by atoms with E-state index in [4.69, 9.17) is 18.6 Å². The number of hydrogen-bond donors (Lipinski definition) is 0. The first kappa shape index (κ1) is 37.7. The quantitative estimate of drug-likeness (QED) is 0.0714. The molecule has 6 heteroatoms. The summed E-state index contributed by atoms with van der Waals surface area (Å²) in [7, 11) is -2.48. The van der Waals surface area contributed by atoms with E-state index >= 15 is 0 Å². The molecule has 0 saturated carbocycles. The van der Waals surface area contributed by atoms with Crippen molar-refractivity contribution in [2.24, 2.45) is 0 Å². The Kier molecular flexibility index (Phi) is 13.2. The monoisotopic (exact) mass is 705 g/mol. The summed E-state index contributed by atoms with van der Waals surface area (Å²) in [6.45, 7) is 12.9. The van der Waals surface area contributed by atoms with Crippen LogP contribution in [0.25, 0.3) is 0 Å². The summed E-state index contributed by atoms with van der Waals surface area (Å²) < 4.78 is 26.2. The fraction of sp³-hybridized carbons (Fsp3) is 0.318. The van der Waals surface area contributed by atoms with Gasteiger partial charge in [-0.15, -0.1) is 0 Å². The van der Waals surface area contributed by atoms with Gasteiger partial charge in [-0.05, 0) is 77.8 Å². The van der Waals surface area contributed by atoms with Crippen molar-refractivity contribution in [1.82, 2.24) is 0 Å². The summed E-state index contributed by atoms with van der Waals surface area (Å²) in [4.78, 5) is 0. The molecule has 0 aliphatic rings. The topological polar surface area (TPSA) is 36.9 Å².